The van der Waals surface area contributed by atoms with Crippen molar-refractivity contribution in [3.8, 4) is 11.6 Å². The summed E-state index contributed by atoms with van der Waals surface area (Å²) < 4.78 is 5.83. The third-order valence-corrected chi connectivity index (χ3v) is 4.41. The predicted molar refractivity (Wildman–Crippen MR) is 96.6 cm³/mol. The number of piperidine rings is 1. The van der Waals surface area contributed by atoms with Crippen LogP contribution >= 0.6 is 0 Å². The molecule has 1 fully saturated rings. The molecule has 8 heteroatoms. The number of nitrogens with zero attached hydrogens (tertiary/aromatic N) is 5. The minimum Gasteiger partial charge on any atom is -0.431 e. The van der Waals surface area contributed by atoms with Crippen LogP contribution in [0.4, 0.5) is 11.5 Å². The van der Waals surface area contributed by atoms with Gasteiger partial charge in [0.05, 0.1) is 4.92 Å². The van der Waals surface area contributed by atoms with Crippen LogP contribution in [0.25, 0.3) is 10.9 Å². The van der Waals surface area contributed by atoms with E-state index in [9.17, 15) is 10.1 Å². The van der Waals surface area contributed by atoms with Gasteiger partial charge in [-0.05, 0) is 31.4 Å². The smallest absolute Gasteiger partial charge is 0.373 e. The number of benzene rings is 1. The average molecular weight is 351 g/mol. The maximum absolute atomic E-state index is 11.7. The van der Waals surface area contributed by atoms with Crippen LogP contribution in [0.5, 0.6) is 11.6 Å². The topological polar surface area (TPSA) is 94.3 Å². The number of hydrogen-bond donors (Lipinski definition) is 0. The fraction of sp³-hybridized carbons (Fsp3) is 0.278. The molecule has 0 saturated carbocycles. The van der Waals surface area contributed by atoms with Gasteiger partial charge in [0.15, 0.2) is 5.75 Å². The second kappa shape index (κ2) is 6.91. The fourth-order valence-corrected chi connectivity index (χ4v) is 3.19. The second-order valence-electron chi connectivity index (χ2n) is 6.09. The molecule has 0 unspecified atom stereocenters. The van der Waals surface area contributed by atoms with Gasteiger partial charge in [0.1, 0.15) is 11.8 Å². The lowest BCUT2D eigenvalue weighted by Gasteiger charge is -2.27. The summed E-state index contributed by atoms with van der Waals surface area (Å²) in [4.78, 5) is 25.7. The van der Waals surface area contributed by atoms with E-state index in [0.717, 1.165) is 37.7 Å². The van der Waals surface area contributed by atoms with Crippen LogP contribution in [0.3, 0.4) is 0 Å². The van der Waals surface area contributed by atoms with Crippen LogP contribution in [0.15, 0.2) is 42.9 Å². The number of fused-ring (bicyclic) bond motifs is 1. The number of pyridine rings is 1. The lowest BCUT2D eigenvalue weighted by molar-refractivity contribution is -0.385. The van der Waals surface area contributed by atoms with Gasteiger partial charge >= 0.3 is 11.6 Å². The number of rotatable bonds is 4. The zero-order chi connectivity index (χ0) is 17.9. The van der Waals surface area contributed by atoms with Crippen LogP contribution in [0.1, 0.15) is 19.3 Å². The Labute approximate surface area is 149 Å². The molecular weight excluding hydrogens is 334 g/mol. The third-order valence-electron chi connectivity index (χ3n) is 4.41. The molecule has 3 heterocycles. The highest BCUT2D eigenvalue weighted by Gasteiger charge is 2.29. The molecule has 1 aliphatic rings. The summed E-state index contributed by atoms with van der Waals surface area (Å²) in [5, 5.41) is 12.6. The normalized spacial score (nSPS) is 14.4. The number of aromatic nitrogens is 3. The van der Waals surface area contributed by atoms with Crippen molar-refractivity contribution in [3.63, 3.8) is 0 Å². The molecule has 0 N–H and O–H groups in total. The highest BCUT2D eigenvalue weighted by Crippen LogP contribution is 2.38. The lowest BCUT2D eigenvalue weighted by atomic mass is 10.1. The first kappa shape index (κ1) is 16.2. The minimum atomic E-state index is -0.474. The second-order valence-corrected chi connectivity index (χ2v) is 6.09. The highest BCUT2D eigenvalue weighted by molar-refractivity contribution is 5.84. The molecule has 0 aliphatic carbocycles. The molecular formula is C18H17N5O3. The lowest BCUT2D eigenvalue weighted by Crippen LogP contribution is -2.30. The van der Waals surface area contributed by atoms with E-state index >= 15 is 0 Å². The van der Waals surface area contributed by atoms with Gasteiger partial charge in [-0.15, -0.1) is 0 Å². The van der Waals surface area contributed by atoms with Crippen molar-refractivity contribution in [2.45, 2.75) is 19.3 Å². The molecule has 8 nitrogen and oxygen atoms in total. The van der Waals surface area contributed by atoms with Crippen molar-refractivity contribution >= 4 is 22.4 Å². The van der Waals surface area contributed by atoms with Crippen molar-refractivity contribution in [2.75, 3.05) is 18.0 Å². The van der Waals surface area contributed by atoms with Gasteiger partial charge in [-0.25, -0.2) is 4.98 Å². The SMILES string of the molecule is O=[N+]([O-])c1c(Oc2cccc3cccnc23)ncnc1N1CCCCC1. The molecule has 1 aliphatic heterocycles. The fourth-order valence-electron chi connectivity index (χ4n) is 3.19. The van der Waals surface area contributed by atoms with E-state index in [1.54, 1.807) is 12.3 Å². The monoisotopic (exact) mass is 351 g/mol. The zero-order valence-electron chi connectivity index (χ0n) is 14.0. The Kier molecular flexibility index (Phi) is 4.30. The largest absolute Gasteiger partial charge is 0.431 e. The molecule has 132 valence electrons. The molecule has 2 aromatic heterocycles. The Morgan fingerprint density at radius 1 is 1.04 bits per heavy atom. The summed E-state index contributed by atoms with van der Waals surface area (Å²) in [5.74, 6) is 0.672. The van der Waals surface area contributed by atoms with Gasteiger partial charge in [0, 0.05) is 24.7 Å². The number of nitro groups is 1. The Morgan fingerprint density at radius 3 is 2.65 bits per heavy atom. The summed E-state index contributed by atoms with van der Waals surface area (Å²) in [6.07, 6.45) is 6.07. The molecule has 26 heavy (non-hydrogen) atoms. The van der Waals surface area contributed by atoms with Gasteiger partial charge in [-0.3, -0.25) is 15.1 Å². The van der Waals surface area contributed by atoms with Crippen molar-refractivity contribution < 1.29 is 9.66 Å². The van der Waals surface area contributed by atoms with E-state index in [1.807, 2.05) is 29.2 Å². The number of ether oxygens (including phenoxy) is 1. The van der Waals surface area contributed by atoms with Crippen molar-refractivity contribution in [1.82, 2.24) is 15.0 Å². The van der Waals surface area contributed by atoms with E-state index < -0.39 is 4.92 Å². The molecule has 1 saturated heterocycles. The van der Waals surface area contributed by atoms with Gasteiger partial charge in [0.2, 0.25) is 5.82 Å². The van der Waals surface area contributed by atoms with Crippen molar-refractivity contribution in [3.05, 3.63) is 53.0 Å². The highest BCUT2D eigenvalue weighted by atomic mass is 16.6. The van der Waals surface area contributed by atoms with E-state index in [0.29, 0.717) is 17.1 Å². The molecule has 0 atom stereocenters. The summed E-state index contributed by atoms with van der Waals surface area (Å²) >= 11 is 0. The third kappa shape index (κ3) is 3.01. The van der Waals surface area contributed by atoms with Gasteiger partial charge < -0.3 is 9.64 Å². The van der Waals surface area contributed by atoms with Crippen molar-refractivity contribution in [2.24, 2.45) is 0 Å². The van der Waals surface area contributed by atoms with Crippen LogP contribution in [-0.2, 0) is 0 Å². The molecule has 0 spiro atoms. The van der Waals surface area contributed by atoms with Gasteiger partial charge in [0.25, 0.3) is 0 Å². The first-order valence-corrected chi connectivity index (χ1v) is 8.50. The molecule has 4 rings (SSSR count). The first-order chi connectivity index (χ1) is 12.7. The zero-order valence-corrected chi connectivity index (χ0v) is 14.0. The number of anilines is 1. The Balaban J connectivity index is 1.77. The Bertz CT molecular complexity index is 951. The van der Waals surface area contributed by atoms with Crippen LogP contribution in [0.2, 0.25) is 0 Å². The summed E-state index contributed by atoms with van der Waals surface area (Å²) in [6, 6.07) is 9.18. The van der Waals surface area contributed by atoms with E-state index in [4.69, 9.17) is 4.74 Å². The van der Waals surface area contributed by atoms with Gasteiger partial charge in [-0.1, -0.05) is 18.2 Å². The van der Waals surface area contributed by atoms with E-state index in [2.05, 4.69) is 15.0 Å². The van der Waals surface area contributed by atoms with Gasteiger partial charge in [-0.2, -0.15) is 4.98 Å². The van der Waals surface area contributed by atoms with Crippen LogP contribution in [0, 0.1) is 10.1 Å². The Morgan fingerprint density at radius 2 is 1.85 bits per heavy atom. The predicted octanol–water partition coefficient (Wildman–Crippen LogP) is 3.72. The standard InChI is InChI=1S/C18H17N5O3/c24-23(25)16-17(22-10-2-1-3-11-22)20-12-21-18(16)26-14-8-4-6-13-7-5-9-19-15(13)14/h4-9,12H,1-3,10-11H2. The quantitative estimate of drug-likeness (QED) is 0.522. The number of para-hydroxylation sites is 1. The maximum atomic E-state index is 11.7. The molecule has 0 amide bonds. The minimum absolute atomic E-state index is 0.0660. The molecule has 0 radical (unpaired) electrons. The number of hydrogen-bond acceptors (Lipinski definition) is 7. The van der Waals surface area contributed by atoms with E-state index in [1.165, 1.54) is 6.33 Å². The maximum Gasteiger partial charge on any atom is 0.373 e. The van der Waals surface area contributed by atoms with Crippen molar-refractivity contribution in [1.29, 1.82) is 0 Å². The summed E-state index contributed by atoms with van der Waals surface area (Å²) in [7, 11) is 0. The van der Waals surface area contributed by atoms with Crippen LogP contribution in [-0.4, -0.2) is 33.0 Å². The first-order valence-electron chi connectivity index (χ1n) is 8.50. The molecule has 0 bridgehead atoms. The van der Waals surface area contributed by atoms with E-state index in [-0.39, 0.29) is 11.6 Å². The average Bonchev–Trinajstić information content (AvgIpc) is 2.68. The summed E-state index contributed by atoms with van der Waals surface area (Å²) in [6.45, 7) is 1.49. The Hall–Kier alpha value is -3.29. The summed E-state index contributed by atoms with van der Waals surface area (Å²) in [5.41, 5.74) is 0.421. The van der Waals surface area contributed by atoms with Crippen LogP contribution < -0.4 is 9.64 Å². The molecule has 1 aromatic carbocycles. The molecule has 3 aromatic rings.